The molecule has 1 fully saturated rings. The Morgan fingerprint density at radius 1 is 1.32 bits per heavy atom. The number of amides is 1. The number of rotatable bonds is 3. The average molecular weight is 258 g/mol. The summed E-state index contributed by atoms with van der Waals surface area (Å²) in [7, 11) is 0. The Labute approximate surface area is 114 Å². The first kappa shape index (κ1) is 12.7. The quantitative estimate of drug-likeness (QED) is 0.874. The van der Waals surface area contributed by atoms with E-state index in [1.807, 2.05) is 12.1 Å². The van der Waals surface area contributed by atoms with Crippen LogP contribution >= 0.6 is 0 Å². The van der Waals surface area contributed by atoms with Gasteiger partial charge in [0.1, 0.15) is 0 Å². The largest absolute Gasteiger partial charge is 0.349 e. The van der Waals surface area contributed by atoms with E-state index in [2.05, 4.69) is 29.7 Å². The zero-order valence-electron chi connectivity index (χ0n) is 11.5. The monoisotopic (exact) mass is 258 g/mol. The molecule has 1 aromatic rings. The van der Waals surface area contributed by atoms with Gasteiger partial charge in [0, 0.05) is 23.6 Å². The van der Waals surface area contributed by atoms with Gasteiger partial charge in [-0.2, -0.15) is 0 Å². The molecular formula is C16H22N2O. The Kier molecular flexibility index (Phi) is 3.56. The number of hydrogen-bond acceptors (Lipinski definition) is 2. The van der Waals surface area contributed by atoms with Gasteiger partial charge in [-0.15, -0.1) is 0 Å². The van der Waals surface area contributed by atoms with Crippen LogP contribution in [-0.4, -0.2) is 24.5 Å². The van der Waals surface area contributed by atoms with E-state index in [4.69, 9.17) is 0 Å². The first-order valence-corrected chi connectivity index (χ1v) is 7.44. The number of hydrogen-bond donors (Lipinski definition) is 2. The summed E-state index contributed by atoms with van der Waals surface area (Å²) in [6.45, 7) is 3.26. The van der Waals surface area contributed by atoms with Crippen molar-refractivity contribution in [2.24, 2.45) is 0 Å². The molecule has 0 bridgehead atoms. The molecule has 0 aromatic heterocycles. The van der Waals surface area contributed by atoms with Crippen molar-refractivity contribution in [3.63, 3.8) is 0 Å². The molecule has 3 heteroatoms. The van der Waals surface area contributed by atoms with Crippen molar-refractivity contribution in [2.45, 2.75) is 50.6 Å². The second-order valence-corrected chi connectivity index (χ2v) is 5.68. The highest BCUT2D eigenvalue weighted by Gasteiger charge is 2.40. The highest BCUT2D eigenvalue weighted by molar-refractivity contribution is 5.97. The zero-order chi connectivity index (χ0) is 13.2. The molecule has 3 nitrogen and oxygen atoms in total. The van der Waals surface area contributed by atoms with E-state index in [0.717, 1.165) is 24.9 Å². The van der Waals surface area contributed by atoms with Crippen molar-refractivity contribution in [3.8, 4) is 0 Å². The summed E-state index contributed by atoms with van der Waals surface area (Å²) in [5.41, 5.74) is 2.11. The summed E-state index contributed by atoms with van der Waals surface area (Å²) in [5.74, 6) is 0.544. The van der Waals surface area contributed by atoms with Crippen LogP contribution in [0.1, 0.15) is 54.4 Å². The minimum atomic E-state index is 0.105. The first-order valence-electron chi connectivity index (χ1n) is 7.44. The molecule has 1 aliphatic heterocycles. The molecule has 1 saturated carbocycles. The summed E-state index contributed by atoms with van der Waals surface area (Å²) in [6.07, 6.45) is 4.67. The number of fused-ring (bicyclic) bond motifs is 3. The van der Waals surface area contributed by atoms with Crippen molar-refractivity contribution >= 4 is 5.91 Å². The molecule has 1 heterocycles. The van der Waals surface area contributed by atoms with Crippen LogP contribution in [0.15, 0.2) is 24.3 Å². The van der Waals surface area contributed by atoms with Gasteiger partial charge in [0.05, 0.1) is 0 Å². The second kappa shape index (κ2) is 5.33. The predicted molar refractivity (Wildman–Crippen MR) is 76.4 cm³/mol. The van der Waals surface area contributed by atoms with Crippen molar-refractivity contribution in [2.75, 3.05) is 6.54 Å². The molecule has 1 aromatic carbocycles. The molecule has 1 aliphatic carbocycles. The highest BCUT2D eigenvalue weighted by Crippen LogP contribution is 2.38. The SMILES string of the molecule is CCCNC1CCCC2NC(=O)c3ccccc3C12. The Morgan fingerprint density at radius 2 is 2.16 bits per heavy atom. The van der Waals surface area contributed by atoms with Crippen molar-refractivity contribution in [1.29, 1.82) is 0 Å². The van der Waals surface area contributed by atoms with Gasteiger partial charge in [-0.1, -0.05) is 25.1 Å². The van der Waals surface area contributed by atoms with E-state index in [-0.39, 0.29) is 5.91 Å². The third-order valence-electron chi connectivity index (χ3n) is 4.43. The summed E-state index contributed by atoms with van der Waals surface area (Å²) in [5, 5.41) is 6.88. The maximum absolute atomic E-state index is 12.1. The van der Waals surface area contributed by atoms with E-state index >= 15 is 0 Å². The molecule has 0 saturated heterocycles. The molecule has 102 valence electrons. The lowest BCUT2D eigenvalue weighted by atomic mass is 9.72. The number of carbonyl (C=O) groups excluding carboxylic acids is 1. The Balaban J connectivity index is 1.94. The number of nitrogens with one attached hydrogen (secondary N) is 2. The van der Waals surface area contributed by atoms with Gasteiger partial charge in [-0.3, -0.25) is 4.79 Å². The molecule has 0 spiro atoms. The van der Waals surface area contributed by atoms with E-state index in [1.54, 1.807) is 0 Å². The van der Waals surface area contributed by atoms with Gasteiger partial charge >= 0.3 is 0 Å². The maximum atomic E-state index is 12.1. The molecule has 3 unspecified atom stereocenters. The molecule has 2 N–H and O–H groups in total. The molecule has 3 atom stereocenters. The summed E-state index contributed by atoms with van der Waals surface area (Å²) >= 11 is 0. The highest BCUT2D eigenvalue weighted by atomic mass is 16.1. The van der Waals surface area contributed by atoms with Crippen LogP contribution in [0, 0.1) is 0 Å². The van der Waals surface area contributed by atoms with Gasteiger partial charge in [0.2, 0.25) is 0 Å². The van der Waals surface area contributed by atoms with E-state index < -0.39 is 0 Å². The van der Waals surface area contributed by atoms with Gasteiger partial charge < -0.3 is 10.6 Å². The number of carbonyl (C=O) groups is 1. The maximum Gasteiger partial charge on any atom is 0.251 e. The fourth-order valence-electron chi connectivity index (χ4n) is 3.59. The van der Waals surface area contributed by atoms with Crippen LogP contribution in [-0.2, 0) is 0 Å². The molecule has 3 rings (SSSR count). The Bertz CT molecular complexity index is 472. The third kappa shape index (κ3) is 2.27. The Morgan fingerprint density at radius 3 is 3.00 bits per heavy atom. The second-order valence-electron chi connectivity index (χ2n) is 5.68. The lowest BCUT2D eigenvalue weighted by Crippen LogP contribution is -2.53. The van der Waals surface area contributed by atoms with Crippen LogP contribution in [0.5, 0.6) is 0 Å². The number of benzene rings is 1. The van der Waals surface area contributed by atoms with Gasteiger partial charge in [-0.25, -0.2) is 0 Å². The topological polar surface area (TPSA) is 41.1 Å². The van der Waals surface area contributed by atoms with Crippen LogP contribution in [0.3, 0.4) is 0 Å². The van der Waals surface area contributed by atoms with E-state index in [1.165, 1.54) is 18.4 Å². The average Bonchev–Trinajstić information content (AvgIpc) is 2.45. The van der Waals surface area contributed by atoms with Crippen molar-refractivity contribution in [1.82, 2.24) is 10.6 Å². The standard InChI is InChI=1S/C16H22N2O/c1-2-10-17-13-8-5-9-14-15(13)11-6-3-4-7-12(11)16(19)18-14/h3-4,6-7,13-15,17H,2,5,8-10H2,1H3,(H,18,19). The predicted octanol–water partition coefficient (Wildman–Crippen LogP) is 2.43. The van der Waals surface area contributed by atoms with Crippen LogP contribution in [0.2, 0.25) is 0 Å². The van der Waals surface area contributed by atoms with Crippen molar-refractivity contribution < 1.29 is 4.79 Å². The summed E-state index contributed by atoms with van der Waals surface area (Å²) in [6, 6.07) is 8.91. The summed E-state index contributed by atoms with van der Waals surface area (Å²) < 4.78 is 0. The minimum absolute atomic E-state index is 0.105. The van der Waals surface area contributed by atoms with Gasteiger partial charge in [0.25, 0.3) is 5.91 Å². The molecule has 0 radical (unpaired) electrons. The Hall–Kier alpha value is -1.35. The van der Waals surface area contributed by atoms with Crippen LogP contribution in [0.4, 0.5) is 0 Å². The van der Waals surface area contributed by atoms with Crippen LogP contribution in [0.25, 0.3) is 0 Å². The molecule has 2 aliphatic rings. The smallest absolute Gasteiger partial charge is 0.251 e. The zero-order valence-corrected chi connectivity index (χ0v) is 11.5. The molecule has 1 amide bonds. The molecular weight excluding hydrogens is 236 g/mol. The lowest BCUT2D eigenvalue weighted by molar-refractivity contribution is 0.0889. The van der Waals surface area contributed by atoms with E-state index in [0.29, 0.717) is 18.0 Å². The molecule has 19 heavy (non-hydrogen) atoms. The van der Waals surface area contributed by atoms with Crippen LogP contribution < -0.4 is 10.6 Å². The van der Waals surface area contributed by atoms with E-state index in [9.17, 15) is 4.79 Å². The van der Waals surface area contributed by atoms with Crippen molar-refractivity contribution in [3.05, 3.63) is 35.4 Å². The fourth-order valence-corrected chi connectivity index (χ4v) is 3.59. The first-order chi connectivity index (χ1) is 9.31. The summed E-state index contributed by atoms with van der Waals surface area (Å²) in [4.78, 5) is 12.1. The lowest BCUT2D eigenvalue weighted by Gasteiger charge is -2.43. The third-order valence-corrected chi connectivity index (χ3v) is 4.43. The van der Waals surface area contributed by atoms with Gasteiger partial charge in [0.15, 0.2) is 0 Å². The van der Waals surface area contributed by atoms with Gasteiger partial charge in [-0.05, 0) is 43.9 Å². The normalized spacial score (nSPS) is 29.3. The fraction of sp³-hybridized carbons (Fsp3) is 0.562. The minimum Gasteiger partial charge on any atom is -0.349 e.